The largest absolute Gasteiger partial charge is 0.394 e. The lowest BCUT2D eigenvalue weighted by molar-refractivity contribution is -0.147. The maximum Gasteiger partial charge on any atom is 0.247 e. The molecule has 3 aliphatic rings. The maximum absolute atomic E-state index is 14.3. The molecule has 37 heavy (non-hydrogen) atoms. The van der Waals surface area contributed by atoms with E-state index >= 15 is 0 Å². The number of rotatable bonds is 9. The van der Waals surface area contributed by atoms with E-state index in [-0.39, 0.29) is 29.6 Å². The third-order valence-electron chi connectivity index (χ3n) is 8.03. The molecule has 3 heterocycles. The van der Waals surface area contributed by atoms with Crippen LogP contribution in [0, 0.1) is 11.8 Å². The van der Waals surface area contributed by atoms with Crippen molar-refractivity contribution in [3.05, 3.63) is 55.6 Å². The van der Waals surface area contributed by atoms with E-state index in [2.05, 4.69) is 13.2 Å². The molecule has 0 aliphatic carbocycles. The Morgan fingerprint density at radius 1 is 1.19 bits per heavy atom. The van der Waals surface area contributed by atoms with Crippen LogP contribution in [0.3, 0.4) is 0 Å². The molecule has 1 N–H and O–H groups in total. The second-order valence-electron chi connectivity index (χ2n) is 11.3. The average molecular weight is 526 g/mol. The predicted molar refractivity (Wildman–Crippen MR) is 148 cm³/mol. The Morgan fingerprint density at radius 2 is 1.84 bits per heavy atom. The van der Waals surface area contributed by atoms with Crippen LogP contribution in [-0.2, 0) is 14.4 Å². The Morgan fingerprint density at radius 3 is 2.41 bits per heavy atom. The van der Waals surface area contributed by atoms with Crippen molar-refractivity contribution in [2.45, 2.75) is 68.2 Å². The van der Waals surface area contributed by atoms with Gasteiger partial charge >= 0.3 is 0 Å². The summed E-state index contributed by atoms with van der Waals surface area (Å²) >= 11 is 1.64. The van der Waals surface area contributed by atoms with Crippen LogP contribution >= 0.6 is 11.8 Å². The fourth-order valence-corrected chi connectivity index (χ4v) is 8.62. The second kappa shape index (κ2) is 10.3. The minimum absolute atomic E-state index is 0.0400. The third kappa shape index (κ3) is 4.42. The Hall–Kier alpha value is -2.58. The summed E-state index contributed by atoms with van der Waals surface area (Å²) in [5.41, 5.74) is 0.277. The normalized spacial score (nSPS) is 29.1. The van der Waals surface area contributed by atoms with Gasteiger partial charge in [0.05, 0.1) is 29.2 Å². The topological polar surface area (TPSA) is 81.2 Å². The summed E-state index contributed by atoms with van der Waals surface area (Å²) in [6, 6.07) is 8.16. The minimum atomic E-state index is -0.747. The molecule has 0 radical (unpaired) electrons. The van der Waals surface area contributed by atoms with Gasteiger partial charge < -0.3 is 19.8 Å². The Kier molecular flexibility index (Phi) is 7.64. The number of hydrogen-bond donors (Lipinski definition) is 1. The first-order valence-electron chi connectivity index (χ1n) is 13.0. The molecule has 1 aromatic rings. The molecule has 4 rings (SSSR count). The number of nitrogens with zero attached hydrogens (tertiary/aromatic N) is 3. The Labute approximate surface area is 224 Å². The zero-order valence-electron chi connectivity index (χ0n) is 22.3. The highest BCUT2D eigenvalue weighted by Crippen LogP contribution is 2.67. The average Bonchev–Trinajstić information content (AvgIpc) is 3.51. The Bertz CT molecular complexity index is 1070. The van der Waals surface area contributed by atoms with Crippen molar-refractivity contribution in [2.75, 3.05) is 24.6 Å². The van der Waals surface area contributed by atoms with Crippen molar-refractivity contribution in [3.63, 3.8) is 0 Å². The molecule has 2 bridgehead atoms. The summed E-state index contributed by atoms with van der Waals surface area (Å²) in [7, 11) is 0. The van der Waals surface area contributed by atoms with Gasteiger partial charge in [-0.25, -0.2) is 0 Å². The van der Waals surface area contributed by atoms with E-state index in [1.165, 1.54) is 0 Å². The summed E-state index contributed by atoms with van der Waals surface area (Å²) in [5.74, 6) is -1.61. The van der Waals surface area contributed by atoms with Gasteiger partial charge in [-0.15, -0.1) is 24.9 Å². The van der Waals surface area contributed by atoms with Crippen LogP contribution in [0.15, 0.2) is 55.6 Å². The van der Waals surface area contributed by atoms with Crippen LogP contribution in [0.5, 0.6) is 0 Å². The quantitative estimate of drug-likeness (QED) is 0.499. The van der Waals surface area contributed by atoms with Crippen LogP contribution in [-0.4, -0.2) is 79.9 Å². The lowest BCUT2D eigenvalue weighted by Crippen LogP contribution is -2.60. The highest BCUT2D eigenvalue weighted by molar-refractivity contribution is 8.02. The summed E-state index contributed by atoms with van der Waals surface area (Å²) in [5, 5.41) is 10.1. The smallest absolute Gasteiger partial charge is 0.247 e. The number of amides is 3. The van der Waals surface area contributed by atoms with Gasteiger partial charge in [-0.05, 0) is 52.7 Å². The van der Waals surface area contributed by atoms with Gasteiger partial charge in [-0.2, -0.15) is 0 Å². The van der Waals surface area contributed by atoms with Gasteiger partial charge in [0.25, 0.3) is 0 Å². The predicted octanol–water partition coefficient (Wildman–Crippen LogP) is 3.49. The molecule has 3 amide bonds. The molecule has 3 aliphatic heterocycles. The van der Waals surface area contributed by atoms with Crippen molar-refractivity contribution in [3.8, 4) is 0 Å². The number of thioether (sulfide) groups is 1. The van der Waals surface area contributed by atoms with Crippen molar-refractivity contribution < 1.29 is 19.5 Å². The first-order chi connectivity index (χ1) is 17.5. The van der Waals surface area contributed by atoms with Crippen LogP contribution < -0.4 is 4.90 Å². The number of aliphatic hydroxyl groups is 1. The molecule has 1 spiro atoms. The number of benzene rings is 1. The van der Waals surface area contributed by atoms with Crippen molar-refractivity contribution in [2.24, 2.45) is 11.8 Å². The summed E-state index contributed by atoms with van der Waals surface area (Å²) < 4.78 is -0.705. The van der Waals surface area contributed by atoms with Gasteiger partial charge in [0.15, 0.2) is 0 Å². The number of likely N-dealkylation sites (tertiary alicyclic amines) is 1. The number of aliphatic hydroxyl groups excluding tert-OH is 1. The molecule has 0 saturated carbocycles. The van der Waals surface area contributed by atoms with Gasteiger partial charge in [0, 0.05) is 29.6 Å². The van der Waals surface area contributed by atoms with Crippen LogP contribution in [0.25, 0.3) is 0 Å². The molecule has 8 heteroatoms. The highest BCUT2D eigenvalue weighted by atomic mass is 32.2. The summed E-state index contributed by atoms with van der Waals surface area (Å²) in [6.07, 6.45) is 4.85. The molecule has 7 nitrogen and oxygen atoms in total. The molecule has 3 fully saturated rings. The SMILES string of the molecule is C=CCN(C(=O)[C@@H]1[C@@H]2CCC3(S2)C(C(=O)N(CC=C)C(C)(C)C)N([C@H](C)CO)C(=O)[C@H]13)c1ccccc1. The van der Waals surface area contributed by atoms with E-state index in [0.717, 1.165) is 12.1 Å². The van der Waals surface area contributed by atoms with E-state index in [1.807, 2.05) is 51.1 Å². The first-order valence-corrected chi connectivity index (χ1v) is 13.9. The first kappa shape index (κ1) is 27.5. The van der Waals surface area contributed by atoms with E-state index in [1.54, 1.807) is 45.5 Å². The number of hydrogen-bond acceptors (Lipinski definition) is 5. The molecule has 2 unspecified atom stereocenters. The maximum atomic E-state index is 14.3. The van der Waals surface area contributed by atoms with E-state index in [9.17, 15) is 19.5 Å². The van der Waals surface area contributed by atoms with Crippen LogP contribution in [0.2, 0.25) is 0 Å². The van der Waals surface area contributed by atoms with E-state index in [0.29, 0.717) is 19.5 Å². The Balaban J connectivity index is 1.79. The van der Waals surface area contributed by atoms with Gasteiger partial charge in [0.2, 0.25) is 17.7 Å². The monoisotopic (exact) mass is 525 g/mol. The minimum Gasteiger partial charge on any atom is -0.394 e. The zero-order valence-corrected chi connectivity index (χ0v) is 23.1. The molecular formula is C29H39N3O4S. The number of para-hydroxylation sites is 1. The molecule has 0 aromatic heterocycles. The van der Waals surface area contributed by atoms with Crippen LogP contribution in [0.4, 0.5) is 5.69 Å². The van der Waals surface area contributed by atoms with Gasteiger partial charge in [-0.3, -0.25) is 14.4 Å². The third-order valence-corrected chi connectivity index (χ3v) is 9.98. The number of anilines is 1. The molecule has 200 valence electrons. The highest BCUT2D eigenvalue weighted by Gasteiger charge is 2.74. The lowest BCUT2D eigenvalue weighted by Gasteiger charge is -2.43. The molecular weight excluding hydrogens is 486 g/mol. The standard InChI is InChI=1S/C29H39N3O4S/c1-7-16-30(20-12-10-9-11-13-20)25(34)22-21-14-15-29(37-21)23(22)26(35)32(19(3)18-33)24(29)27(36)31(17-8-2)28(4,5)6/h7-13,19,21-24,33H,1-2,14-18H2,3-6H3/t19-,21+,22-,23+,24?,29?/m1/s1. The molecule has 3 saturated heterocycles. The number of carbonyl (C=O) groups excluding carboxylic acids is 3. The van der Waals surface area contributed by atoms with E-state index in [4.69, 9.17) is 0 Å². The fourth-order valence-electron chi connectivity index (χ4n) is 6.42. The molecule has 6 atom stereocenters. The summed E-state index contributed by atoms with van der Waals surface area (Å²) in [6.45, 7) is 15.8. The number of carbonyl (C=O) groups is 3. The zero-order chi connectivity index (χ0) is 27.1. The second-order valence-corrected chi connectivity index (χ2v) is 12.9. The van der Waals surface area contributed by atoms with Crippen molar-refractivity contribution in [1.29, 1.82) is 0 Å². The van der Waals surface area contributed by atoms with Crippen molar-refractivity contribution in [1.82, 2.24) is 9.80 Å². The number of fused-ring (bicyclic) bond motifs is 1. The lowest BCUT2D eigenvalue weighted by atomic mass is 9.70. The fraction of sp³-hybridized carbons (Fsp3) is 0.552. The van der Waals surface area contributed by atoms with E-state index < -0.39 is 34.2 Å². The van der Waals surface area contributed by atoms with Gasteiger partial charge in [-0.1, -0.05) is 30.4 Å². The van der Waals surface area contributed by atoms with Gasteiger partial charge in [0.1, 0.15) is 6.04 Å². The summed E-state index contributed by atoms with van der Waals surface area (Å²) in [4.78, 5) is 47.7. The van der Waals surface area contributed by atoms with Crippen LogP contribution in [0.1, 0.15) is 40.5 Å². The van der Waals surface area contributed by atoms with Crippen molar-refractivity contribution >= 4 is 35.2 Å². The molecule has 1 aromatic carbocycles.